The fourth-order valence-electron chi connectivity index (χ4n) is 2.81. The molecule has 2 fully saturated rings. The maximum atomic E-state index is 12.5. The van der Waals surface area contributed by atoms with E-state index in [0.717, 1.165) is 12.3 Å². The molecule has 2 N–H and O–H groups in total. The number of nitrogens with two attached hydrogens (primary N) is 1. The minimum Gasteiger partial charge on any atom is -0.327 e. The van der Waals surface area contributed by atoms with Gasteiger partial charge in [0.25, 0.3) is 0 Å². The normalized spacial score (nSPS) is 33.8. The van der Waals surface area contributed by atoms with E-state index < -0.39 is 12.1 Å². The van der Waals surface area contributed by atoms with E-state index in [-0.39, 0.29) is 18.9 Å². The summed E-state index contributed by atoms with van der Waals surface area (Å²) in [6.07, 6.45) is 1.47. The van der Waals surface area contributed by atoms with Gasteiger partial charge < -0.3 is 5.73 Å². The molecule has 0 spiro atoms. The Morgan fingerprint density at radius 1 is 1.00 bits per heavy atom. The zero-order chi connectivity index (χ0) is 11.8. The number of halogens is 3. The van der Waals surface area contributed by atoms with Crippen LogP contribution in [0.3, 0.4) is 0 Å². The van der Waals surface area contributed by atoms with Crippen LogP contribution in [-0.4, -0.2) is 12.2 Å². The van der Waals surface area contributed by atoms with Crippen molar-refractivity contribution in [3.63, 3.8) is 0 Å². The molecule has 16 heavy (non-hydrogen) atoms. The predicted octanol–water partition coefficient (Wildman–Crippen LogP) is 3.48. The molecule has 0 aliphatic heterocycles. The topological polar surface area (TPSA) is 26.0 Å². The molecule has 2 saturated carbocycles. The molecule has 0 heterocycles. The van der Waals surface area contributed by atoms with Crippen molar-refractivity contribution in [1.82, 2.24) is 0 Å². The molecule has 0 saturated heterocycles. The number of alkyl halides is 3. The fourth-order valence-corrected chi connectivity index (χ4v) is 2.81. The summed E-state index contributed by atoms with van der Waals surface area (Å²) in [5.74, 6) is 0.0337. The minimum atomic E-state index is -3.99. The summed E-state index contributed by atoms with van der Waals surface area (Å²) in [6.45, 7) is 0. The van der Waals surface area contributed by atoms with Gasteiger partial charge in [0.05, 0.1) is 5.92 Å². The van der Waals surface area contributed by atoms with Gasteiger partial charge in [0.1, 0.15) is 0 Å². The number of hydrogen-bond acceptors (Lipinski definition) is 1. The van der Waals surface area contributed by atoms with Crippen molar-refractivity contribution >= 4 is 0 Å². The Bertz CT molecular complexity index is 227. The highest BCUT2D eigenvalue weighted by atomic mass is 19.4. The van der Waals surface area contributed by atoms with Crippen LogP contribution in [0.2, 0.25) is 0 Å². The highest BCUT2D eigenvalue weighted by molar-refractivity contribution is 4.86. The second-order valence-corrected chi connectivity index (χ2v) is 5.50. The maximum Gasteiger partial charge on any atom is 0.391 e. The summed E-state index contributed by atoms with van der Waals surface area (Å²) in [4.78, 5) is 0. The largest absolute Gasteiger partial charge is 0.391 e. The highest BCUT2D eigenvalue weighted by Gasteiger charge is 2.42. The molecule has 94 valence electrons. The van der Waals surface area contributed by atoms with Crippen LogP contribution >= 0.6 is 0 Å². The molecule has 0 aromatic carbocycles. The summed E-state index contributed by atoms with van der Waals surface area (Å²) in [6, 6.07) is 0.140. The second kappa shape index (κ2) is 4.55. The quantitative estimate of drug-likeness (QED) is 0.796. The third-order valence-corrected chi connectivity index (χ3v) is 4.14. The van der Waals surface area contributed by atoms with Gasteiger partial charge in [-0.1, -0.05) is 12.8 Å². The van der Waals surface area contributed by atoms with Crippen molar-refractivity contribution in [3.05, 3.63) is 0 Å². The Morgan fingerprint density at radius 2 is 1.56 bits per heavy atom. The molecular weight excluding hydrogens is 215 g/mol. The molecule has 0 aromatic rings. The van der Waals surface area contributed by atoms with Crippen LogP contribution in [0.15, 0.2) is 0 Å². The maximum absolute atomic E-state index is 12.5. The van der Waals surface area contributed by atoms with E-state index in [0.29, 0.717) is 18.8 Å². The van der Waals surface area contributed by atoms with Gasteiger partial charge >= 0.3 is 6.18 Å². The third kappa shape index (κ3) is 3.12. The molecule has 2 aliphatic rings. The Hall–Kier alpha value is -0.250. The van der Waals surface area contributed by atoms with Gasteiger partial charge in [-0.15, -0.1) is 0 Å². The molecule has 0 aromatic heterocycles. The smallest absolute Gasteiger partial charge is 0.327 e. The molecule has 0 radical (unpaired) electrons. The van der Waals surface area contributed by atoms with Crippen LogP contribution in [-0.2, 0) is 0 Å². The van der Waals surface area contributed by atoms with Crippen molar-refractivity contribution in [3.8, 4) is 0 Å². The summed E-state index contributed by atoms with van der Waals surface area (Å²) < 4.78 is 37.4. The van der Waals surface area contributed by atoms with Gasteiger partial charge in [-0.3, -0.25) is 0 Å². The number of rotatable bonds is 3. The zero-order valence-electron chi connectivity index (χ0n) is 9.47. The Labute approximate surface area is 94.6 Å². The summed E-state index contributed by atoms with van der Waals surface area (Å²) in [5, 5.41) is 0. The van der Waals surface area contributed by atoms with Crippen LogP contribution < -0.4 is 5.73 Å². The van der Waals surface area contributed by atoms with E-state index in [1.807, 2.05) is 0 Å². The van der Waals surface area contributed by atoms with E-state index in [1.165, 1.54) is 12.8 Å². The van der Waals surface area contributed by atoms with E-state index in [4.69, 9.17) is 5.73 Å². The average molecular weight is 235 g/mol. The zero-order valence-corrected chi connectivity index (χ0v) is 9.47. The van der Waals surface area contributed by atoms with Crippen molar-refractivity contribution in [2.75, 3.05) is 0 Å². The van der Waals surface area contributed by atoms with Crippen molar-refractivity contribution in [1.29, 1.82) is 0 Å². The first-order valence-corrected chi connectivity index (χ1v) is 6.29. The van der Waals surface area contributed by atoms with Crippen LogP contribution in [0, 0.1) is 17.8 Å². The van der Waals surface area contributed by atoms with Gasteiger partial charge in [0.15, 0.2) is 0 Å². The number of hydrogen-bond donors (Lipinski definition) is 1. The van der Waals surface area contributed by atoms with Gasteiger partial charge in [-0.25, -0.2) is 0 Å². The summed E-state index contributed by atoms with van der Waals surface area (Å²) in [5.41, 5.74) is 6.06. The Balaban J connectivity index is 1.75. The first kappa shape index (κ1) is 12.2. The molecule has 4 heteroatoms. The SMILES string of the molecule is NC(CC1CC1)C1CCC(C(F)(F)F)CC1. The molecule has 2 rings (SSSR count). The molecule has 1 unspecified atom stereocenters. The van der Waals surface area contributed by atoms with Gasteiger partial charge in [0.2, 0.25) is 0 Å². The van der Waals surface area contributed by atoms with Gasteiger partial charge in [0, 0.05) is 6.04 Å². The lowest BCUT2D eigenvalue weighted by Crippen LogP contribution is -2.36. The third-order valence-electron chi connectivity index (χ3n) is 4.14. The Kier molecular flexibility index (Phi) is 3.48. The van der Waals surface area contributed by atoms with Crippen molar-refractivity contribution < 1.29 is 13.2 Å². The lowest BCUT2D eigenvalue weighted by Gasteiger charge is -2.33. The Morgan fingerprint density at radius 3 is 2.00 bits per heavy atom. The van der Waals surface area contributed by atoms with Gasteiger partial charge in [-0.05, 0) is 43.9 Å². The van der Waals surface area contributed by atoms with Crippen molar-refractivity contribution in [2.45, 2.75) is 57.2 Å². The van der Waals surface area contributed by atoms with Crippen LogP contribution in [0.5, 0.6) is 0 Å². The standard InChI is InChI=1S/C12H20F3N/c13-12(14,15)10-5-3-9(4-6-10)11(16)7-8-1-2-8/h8-11H,1-7,16H2. The lowest BCUT2D eigenvalue weighted by atomic mass is 9.77. The molecule has 1 atom stereocenters. The summed E-state index contributed by atoms with van der Waals surface area (Å²) in [7, 11) is 0. The monoisotopic (exact) mass is 235 g/mol. The van der Waals surface area contributed by atoms with Crippen molar-refractivity contribution in [2.24, 2.45) is 23.5 Å². The molecule has 0 amide bonds. The second-order valence-electron chi connectivity index (χ2n) is 5.50. The average Bonchev–Trinajstić information content (AvgIpc) is 3.00. The molecular formula is C12H20F3N. The lowest BCUT2D eigenvalue weighted by molar-refractivity contribution is -0.184. The minimum absolute atomic E-state index is 0.140. The van der Waals surface area contributed by atoms with E-state index in [9.17, 15) is 13.2 Å². The fraction of sp³-hybridized carbons (Fsp3) is 1.00. The molecule has 2 aliphatic carbocycles. The van der Waals surface area contributed by atoms with Crippen LogP contribution in [0.25, 0.3) is 0 Å². The highest BCUT2D eigenvalue weighted by Crippen LogP contribution is 2.42. The van der Waals surface area contributed by atoms with E-state index in [2.05, 4.69) is 0 Å². The first-order chi connectivity index (χ1) is 7.47. The van der Waals surface area contributed by atoms with E-state index >= 15 is 0 Å². The first-order valence-electron chi connectivity index (χ1n) is 6.29. The van der Waals surface area contributed by atoms with Crippen LogP contribution in [0.4, 0.5) is 13.2 Å². The van der Waals surface area contributed by atoms with Crippen LogP contribution in [0.1, 0.15) is 44.9 Å². The summed E-state index contributed by atoms with van der Waals surface area (Å²) >= 11 is 0. The van der Waals surface area contributed by atoms with Gasteiger partial charge in [-0.2, -0.15) is 13.2 Å². The molecule has 0 bridgehead atoms. The predicted molar refractivity (Wildman–Crippen MR) is 56.8 cm³/mol. The molecule has 1 nitrogen and oxygen atoms in total. The van der Waals surface area contributed by atoms with E-state index in [1.54, 1.807) is 0 Å².